The predicted octanol–water partition coefficient (Wildman–Crippen LogP) is 1.50. The van der Waals surface area contributed by atoms with Crippen molar-refractivity contribution < 1.29 is 14.3 Å². The van der Waals surface area contributed by atoms with E-state index in [4.69, 9.17) is 4.74 Å². The molecule has 2 aliphatic heterocycles. The molecule has 1 aromatic heterocycles. The van der Waals surface area contributed by atoms with Crippen molar-refractivity contribution in [3.63, 3.8) is 0 Å². The fourth-order valence-electron chi connectivity index (χ4n) is 3.32. The highest BCUT2D eigenvalue weighted by molar-refractivity contribution is 7.16. The van der Waals surface area contributed by atoms with Gasteiger partial charge in [-0.2, -0.15) is 5.26 Å². The number of aryl methyl sites for hydroxylation is 1. The zero-order valence-electron chi connectivity index (χ0n) is 15.2. The van der Waals surface area contributed by atoms with Gasteiger partial charge in [-0.05, 0) is 32.3 Å². The first kappa shape index (κ1) is 18.8. The Bertz CT molecular complexity index is 726. The lowest BCUT2D eigenvalue weighted by Crippen LogP contribution is -2.52. The Kier molecular flexibility index (Phi) is 5.91. The van der Waals surface area contributed by atoms with E-state index in [2.05, 4.69) is 11.4 Å². The number of hydrogen-bond acceptors (Lipinski definition) is 6. The molecular weight excluding hydrogens is 352 g/mol. The Labute approximate surface area is 157 Å². The van der Waals surface area contributed by atoms with Crippen molar-refractivity contribution in [1.82, 2.24) is 9.80 Å². The summed E-state index contributed by atoms with van der Waals surface area (Å²) in [5.74, 6) is -0.0450. The van der Waals surface area contributed by atoms with E-state index in [9.17, 15) is 14.9 Å². The second kappa shape index (κ2) is 8.16. The number of thiophene rings is 1. The number of carbonyl (C=O) groups is 2. The molecule has 0 spiro atoms. The first-order valence-corrected chi connectivity index (χ1v) is 9.74. The van der Waals surface area contributed by atoms with E-state index >= 15 is 0 Å². The van der Waals surface area contributed by atoms with Crippen LogP contribution in [0.3, 0.4) is 0 Å². The Morgan fingerprint density at radius 1 is 1.31 bits per heavy atom. The van der Waals surface area contributed by atoms with Crippen LogP contribution >= 0.6 is 11.3 Å². The molecule has 0 bridgehead atoms. The van der Waals surface area contributed by atoms with Gasteiger partial charge in [0.05, 0.1) is 12.1 Å². The maximum absolute atomic E-state index is 12.3. The standard InChI is InChI=1S/C18H24N4O3S/c1-12-13(2)26-17(14(12)10-19)20-16(23)11-21-5-7-22(8-6-21)18(24)15-4-3-9-25-15/h15H,3-9,11H2,1-2H3,(H,20,23). The second-order valence-corrected chi connectivity index (χ2v) is 7.98. The zero-order valence-corrected chi connectivity index (χ0v) is 16.0. The number of rotatable bonds is 4. The number of amides is 2. The summed E-state index contributed by atoms with van der Waals surface area (Å²) < 4.78 is 5.47. The maximum Gasteiger partial charge on any atom is 0.251 e. The number of piperazine rings is 1. The largest absolute Gasteiger partial charge is 0.368 e. The fraction of sp³-hybridized carbons (Fsp3) is 0.611. The molecule has 1 aromatic rings. The van der Waals surface area contributed by atoms with E-state index in [1.165, 1.54) is 11.3 Å². The lowest BCUT2D eigenvalue weighted by molar-refractivity contribution is -0.142. The van der Waals surface area contributed by atoms with Gasteiger partial charge in [-0.3, -0.25) is 14.5 Å². The molecule has 26 heavy (non-hydrogen) atoms. The van der Waals surface area contributed by atoms with E-state index in [0.717, 1.165) is 23.3 Å². The third-order valence-electron chi connectivity index (χ3n) is 5.01. The van der Waals surface area contributed by atoms with Crippen LogP contribution in [0, 0.1) is 25.2 Å². The van der Waals surface area contributed by atoms with Gasteiger partial charge in [-0.25, -0.2) is 0 Å². The van der Waals surface area contributed by atoms with Crippen molar-refractivity contribution in [2.24, 2.45) is 0 Å². The summed E-state index contributed by atoms with van der Waals surface area (Å²) in [5.41, 5.74) is 1.47. The highest BCUT2D eigenvalue weighted by Crippen LogP contribution is 2.31. The summed E-state index contributed by atoms with van der Waals surface area (Å²) in [6, 6.07) is 2.16. The molecule has 1 N–H and O–H groups in total. The third kappa shape index (κ3) is 4.06. The molecule has 3 heterocycles. The van der Waals surface area contributed by atoms with Crippen molar-refractivity contribution in [2.75, 3.05) is 44.6 Å². The van der Waals surface area contributed by atoms with Gasteiger partial charge in [0.1, 0.15) is 17.2 Å². The minimum Gasteiger partial charge on any atom is -0.368 e. The van der Waals surface area contributed by atoms with Crippen molar-refractivity contribution in [3.05, 3.63) is 16.0 Å². The minimum absolute atomic E-state index is 0.0785. The number of anilines is 1. The minimum atomic E-state index is -0.278. The van der Waals surface area contributed by atoms with Crippen molar-refractivity contribution in [2.45, 2.75) is 32.8 Å². The number of hydrogen-bond donors (Lipinski definition) is 1. The second-order valence-electron chi connectivity index (χ2n) is 6.75. The van der Waals surface area contributed by atoms with Gasteiger partial charge < -0.3 is 15.0 Å². The summed E-state index contributed by atoms with van der Waals surface area (Å²) in [7, 11) is 0. The van der Waals surface area contributed by atoms with Crippen LogP contribution in [0.15, 0.2) is 0 Å². The molecule has 8 heteroatoms. The molecule has 0 radical (unpaired) electrons. The Morgan fingerprint density at radius 2 is 2.04 bits per heavy atom. The van der Waals surface area contributed by atoms with Crippen LogP contribution in [0.5, 0.6) is 0 Å². The molecule has 2 saturated heterocycles. The van der Waals surface area contributed by atoms with Crippen molar-refractivity contribution in [1.29, 1.82) is 5.26 Å². The summed E-state index contributed by atoms with van der Waals surface area (Å²) >= 11 is 1.43. The lowest BCUT2D eigenvalue weighted by atomic mass is 10.2. The average Bonchev–Trinajstić information content (AvgIpc) is 3.24. The van der Waals surface area contributed by atoms with Crippen LogP contribution in [0.25, 0.3) is 0 Å². The van der Waals surface area contributed by atoms with E-state index in [0.29, 0.717) is 43.4 Å². The van der Waals surface area contributed by atoms with Gasteiger partial charge in [0, 0.05) is 37.7 Å². The third-order valence-corrected chi connectivity index (χ3v) is 6.13. The van der Waals surface area contributed by atoms with Gasteiger partial charge in [-0.1, -0.05) is 0 Å². The molecule has 2 fully saturated rings. The summed E-state index contributed by atoms with van der Waals surface area (Å²) in [6.07, 6.45) is 1.48. The van der Waals surface area contributed by atoms with Crippen LogP contribution < -0.4 is 5.32 Å². The molecule has 2 amide bonds. The van der Waals surface area contributed by atoms with E-state index in [1.807, 2.05) is 23.6 Å². The van der Waals surface area contributed by atoms with Crippen LogP contribution in [0.1, 0.15) is 28.8 Å². The molecule has 0 aliphatic carbocycles. The molecule has 1 unspecified atom stereocenters. The highest BCUT2D eigenvalue weighted by atomic mass is 32.1. The normalized spacial score (nSPS) is 20.8. The number of nitrogens with zero attached hydrogens (tertiary/aromatic N) is 3. The van der Waals surface area contributed by atoms with Crippen LogP contribution in [0.2, 0.25) is 0 Å². The quantitative estimate of drug-likeness (QED) is 0.861. The van der Waals surface area contributed by atoms with Crippen LogP contribution in [-0.4, -0.2) is 67.0 Å². The van der Waals surface area contributed by atoms with Crippen LogP contribution in [0.4, 0.5) is 5.00 Å². The molecule has 0 saturated carbocycles. The smallest absolute Gasteiger partial charge is 0.251 e. The monoisotopic (exact) mass is 376 g/mol. The van der Waals surface area contributed by atoms with E-state index in [-0.39, 0.29) is 24.5 Å². The lowest BCUT2D eigenvalue weighted by Gasteiger charge is -2.35. The average molecular weight is 376 g/mol. The summed E-state index contributed by atoms with van der Waals surface area (Å²) in [5, 5.41) is 12.8. The molecule has 7 nitrogen and oxygen atoms in total. The molecule has 3 rings (SSSR count). The van der Waals surface area contributed by atoms with Gasteiger partial charge in [-0.15, -0.1) is 11.3 Å². The topological polar surface area (TPSA) is 85.7 Å². The molecule has 1 atom stereocenters. The molecule has 140 valence electrons. The Hall–Kier alpha value is -1.95. The number of carbonyl (C=O) groups excluding carboxylic acids is 2. The first-order valence-electron chi connectivity index (χ1n) is 8.92. The molecular formula is C18H24N4O3S. The van der Waals surface area contributed by atoms with Crippen molar-refractivity contribution in [3.8, 4) is 6.07 Å². The summed E-state index contributed by atoms with van der Waals surface area (Å²) in [6.45, 7) is 7.34. The number of ether oxygens (including phenoxy) is 1. The zero-order chi connectivity index (χ0) is 18.7. The van der Waals surface area contributed by atoms with Gasteiger partial charge in [0.25, 0.3) is 5.91 Å². The van der Waals surface area contributed by atoms with E-state index < -0.39 is 0 Å². The highest BCUT2D eigenvalue weighted by Gasteiger charge is 2.30. The Morgan fingerprint density at radius 3 is 2.65 bits per heavy atom. The van der Waals surface area contributed by atoms with Gasteiger partial charge in [0.2, 0.25) is 5.91 Å². The SMILES string of the molecule is Cc1sc(NC(=O)CN2CCN(C(=O)C3CCCO3)CC2)c(C#N)c1C. The fourth-order valence-corrected chi connectivity index (χ4v) is 4.35. The van der Waals surface area contributed by atoms with Gasteiger partial charge in [0.15, 0.2) is 0 Å². The van der Waals surface area contributed by atoms with Crippen molar-refractivity contribution >= 4 is 28.2 Å². The number of nitrogens with one attached hydrogen (secondary N) is 1. The predicted molar refractivity (Wildman–Crippen MR) is 99.1 cm³/mol. The van der Waals surface area contributed by atoms with Gasteiger partial charge >= 0.3 is 0 Å². The van der Waals surface area contributed by atoms with E-state index in [1.54, 1.807) is 0 Å². The Balaban J connectivity index is 1.48. The van der Waals surface area contributed by atoms with Crippen LogP contribution in [-0.2, 0) is 14.3 Å². The molecule has 2 aliphatic rings. The molecule has 0 aromatic carbocycles. The summed E-state index contributed by atoms with van der Waals surface area (Å²) in [4.78, 5) is 29.6. The maximum atomic E-state index is 12.3. The number of nitriles is 1. The first-order chi connectivity index (χ1) is 12.5.